The molecule has 0 fully saturated rings. The Labute approximate surface area is 342 Å². The van der Waals surface area contributed by atoms with E-state index in [-0.39, 0.29) is 26.1 Å². The average molecular weight is 808 g/mol. The topological polar surface area (TPSA) is 120 Å². The van der Waals surface area contributed by atoms with Crippen molar-refractivity contribution in [1.29, 1.82) is 0 Å². The van der Waals surface area contributed by atoms with Crippen molar-refractivity contribution < 1.29 is 37.6 Å². The van der Waals surface area contributed by atoms with Gasteiger partial charge in [-0.15, -0.1) is 0 Å². The Kier molecular flexibility index (Phi) is 40.6. The first-order valence-electron chi connectivity index (χ1n) is 22.2. The molecule has 0 aliphatic rings. The molecule has 2 N–H and O–H groups in total. The predicted octanol–water partition coefficient (Wildman–Crippen LogP) is 12.8. The number of hydrogen-bond acceptors (Lipinski definition) is 8. The molecule has 0 saturated heterocycles. The second-order valence-corrected chi connectivity index (χ2v) is 16.0. The fraction of sp³-hybridized carbons (Fsp3) is 0.739. The summed E-state index contributed by atoms with van der Waals surface area (Å²) in [5.41, 5.74) is 0. The van der Waals surface area contributed by atoms with Gasteiger partial charge in [0.15, 0.2) is 6.10 Å². The molecule has 0 aromatic heterocycles. The van der Waals surface area contributed by atoms with Gasteiger partial charge in [0.25, 0.3) is 0 Å². The van der Waals surface area contributed by atoms with Gasteiger partial charge in [0.1, 0.15) is 6.61 Å². The van der Waals surface area contributed by atoms with E-state index in [2.05, 4.69) is 73.8 Å². The molecule has 2 atom stereocenters. The maximum absolute atomic E-state index is 12.6. The normalized spacial score (nSPS) is 13.9. The summed E-state index contributed by atoms with van der Waals surface area (Å²) in [6.45, 7) is 4.12. The molecule has 2 unspecified atom stereocenters. The van der Waals surface area contributed by atoms with Gasteiger partial charge in [-0.3, -0.25) is 18.6 Å². The molecule has 0 saturated carbocycles. The van der Waals surface area contributed by atoms with Crippen LogP contribution in [0, 0.1) is 0 Å². The SMILES string of the molecule is CCCCC/C=C\C/C=C\C/C=C\C/C=C\CCCC(=O)OC(COC(=O)CCCCCCCCC/C=C\CCCCCCCC)COP(=O)(O)OCCNC. The van der Waals surface area contributed by atoms with Gasteiger partial charge < -0.3 is 19.7 Å². The molecular weight excluding hydrogens is 725 g/mol. The first-order chi connectivity index (χ1) is 27.3. The van der Waals surface area contributed by atoms with E-state index in [9.17, 15) is 19.0 Å². The molecule has 0 spiro atoms. The van der Waals surface area contributed by atoms with Crippen LogP contribution in [0.3, 0.4) is 0 Å². The smallest absolute Gasteiger partial charge is 0.462 e. The van der Waals surface area contributed by atoms with Crippen LogP contribution in [0.15, 0.2) is 60.8 Å². The molecule has 0 heterocycles. The Morgan fingerprint density at radius 1 is 0.554 bits per heavy atom. The number of likely N-dealkylation sites (N-methyl/N-ethyl adjacent to an activating group) is 1. The molecule has 324 valence electrons. The van der Waals surface area contributed by atoms with Gasteiger partial charge in [0.2, 0.25) is 0 Å². The van der Waals surface area contributed by atoms with Crippen molar-refractivity contribution in [2.24, 2.45) is 0 Å². The zero-order valence-electron chi connectivity index (χ0n) is 35.8. The van der Waals surface area contributed by atoms with Crippen molar-refractivity contribution in [2.45, 2.75) is 187 Å². The van der Waals surface area contributed by atoms with Crippen LogP contribution in [0.2, 0.25) is 0 Å². The molecule has 0 amide bonds. The number of rotatable bonds is 41. The minimum absolute atomic E-state index is 0.0299. The number of unbranched alkanes of at least 4 members (excludes halogenated alkanes) is 17. The van der Waals surface area contributed by atoms with E-state index in [1.165, 1.54) is 89.9 Å². The lowest BCUT2D eigenvalue weighted by atomic mass is 10.1. The quantitative estimate of drug-likeness (QED) is 0.0269. The molecule has 0 bridgehead atoms. The molecule has 0 aromatic rings. The van der Waals surface area contributed by atoms with E-state index in [0.717, 1.165) is 51.4 Å². The lowest BCUT2D eigenvalue weighted by Crippen LogP contribution is -2.29. The lowest BCUT2D eigenvalue weighted by Gasteiger charge is -2.20. The van der Waals surface area contributed by atoms with Crippen LogP contribution in [0.5, 0.6) is 0 Å². The number of carbonyl (C=O) groups excluding carboxylic acids is 2. The minimum Gasteiger partial charge on any atom is -0.462 e. The molecule has 10 heteroatoms. The van der Waals surface area contributed by atoms with Crippen molar-refractivity contribution in [1.82, 2.24) is 5.32 Å². The summed E-state index contributed by atoms with van der Waals surface area (Å²) in [4.78, 5) is 35.0. The Balaban J connectivity index is 4.32. The van der Waals surface area contributed by atoms with Gasteiger partial charge >= 0.3 is 19.8 Å². The summed E-state index contributed by atoms with van der Waals surface area (Å²) in [5.74, 6) is -0.879. The van der Waals surface area contributed by atoms with E-state index < -0.39 is 32.5 Å². The van der Waals surface area contributed by atoms with Crippen molar-refractivity contribution in [3.05, 3.63) is 60.8 Å². The van der Waals surface area contributed by atoms with Gasteiger partial charge in [-0.2, -0.15) is 0 Å². The Bertz CT molecular complexity index is 1100. The Hall–Kier alpha value is -2.29. The van der Waals surface area contributed by atoms with E-state index >= 15 is 0 Å². The molecule has 0 aliphatic heterocycles. The number of carbonyl (C=O) groups is 2. The number of esters is 2. The van der Waals surface area contributed by atoms with Crippen LogP contribution in [0.25, 0.3) is 0 Å². The molecule has 0 rings (SSSR count). The standard InChI is InChI=1S/C46H82NO8P/c1-4-6-8-10-12-14-16-18-20-22-24-26-28-30-32-34-36-38-45(48)52-42-44(43-54-56(50,51)53-41-40-47-3)55-46(49)39-37-35-33-31-29-27-25-23-21-19-17-15-13-11-9-7-5-2/h13,15,18-21,25,27,31,33,44,47H,4-12,14,16-17,22-24,26,28-30,32,34-43H2,1-3H3,(H,50,51)/b15-13-,20-18-,21-19-,27-25-,33-31-. The first-order valence-corrected chi connectivity index (χ1v) is 23.7. The summed E-state index contributed by atoms with van der Waals surface area (Å²) in [7, 11) is -2.67. The van der Waals surface area contributed by atoms with Crippen LogP contribution < -0.4 is 5.32 Å². The van der Waals surface area contributed by atoms with Crippen molar-refractivity contribution >= 4 is 19.8 Å². The number of nitrogens with one attached hydrogen (secondary N) is 1. The van der Waals surface area contributed by atoms with Crippen molar-refractivity contribution in [2.75, 3.05) is 33.4 Å². The molecule has 0 aromatic carbocycles. The second-order valence-electron chi connectivity index (χ2n) is 14.5. The molecule has 0 aliphatic carbocycles. The molecule has 56 heavy (non-hydrogen) atoms. The van der Waals surface area contributed by atoms with Gasteiger partial charge in [0.05, 0.1) is 13.2 Å². The van der Waals surface area contributed by atoms with Crippen molar-refractivity contribution in [3.63, 3.8) is 0 Å². The third kappa shape index (κ3) is 41.3. The van der Waals surface area contributed by atoms with Gasteiger partial charge in [-0.05, 0) is 84.1 Å². The molecule has 9 nitrogen and oxygen atoms in total. The van der Waals surface area contributed by atoms with E-state index in [1.54, 1.807) is 7.05 Å². The number of hydrogen-bond donors (Lipinski definition) is 2. The number of ether oxygens (including phenoxy) is 2. The van der Waals surface area contributed by atoms with E-state index in [0.29, 0.717) is 19.4 Å². The summed E-state index contributed by atoms with van der Waals surface area (Å²) >= 11 is 0. The lowest BCUT2D eigenvalue weighted by molar-refractivity contribution is -0.161. The van der Waals surface area contributed by atoms with Crippen molar-refractivity contribution in [3.8, 4) is 0 Å². The maximum Gasteiger partial charge on any atom is 0.472 e. The van der Waals surface area contributed by atoms with Crippen LogP contribution in [-0.2, 0) is 32.7 Å². The number of phosphoric ester groups is 1. The van der Waals surface area contributed by atoms with Gasteiger partial charge in [0, 0.05) is 19.4 Å². The first kappa shape index (κ1) is 53.7. The Morgan fingerprint density at radius 2 is 0.982 bits per heavy atom. The third-order valence-electron chi connectivity index (χ3n) is 9.11. The maximum atomic E-state index is 12.6. The zero-order valence-corrected chi connectivity index (χ0v) is 36.7. The number of allylic oxidation sites excluding steroid dienone is 10. The van der Waals surface area contributed by atoms with E-state index in [4.69, 9.17) is 18.5 Å². The highest BCUT2D eigenvalue weighted by Gasteiger charge is 2.26. The van der Waals surface area contributed by atoms with Crippen LogP contribution in [0.4, 0.5) is 0 Å². The van der Waals surface area contributed by atoms with Crippen LogP contribution in [-0.4, -0.2) is 56.3 Å². The van der Waals surface area contributed by atoms with Crippen LogP contribution >= 0.6 is 7.82 Å². The third-order valence-corrected chi connectivity index (χ3v) is 10.1. The van der Waals surface area contributed by atoms with Gasteiger partial charge in [-0.25, -0.2) is 4.57 Å². The molecular formula is C46H82NO8P. The highest BCUT2D eigenvalue weighted by Crippen LogP contribution is 2.43. The summed E-state index contributed by atoms with van der Waals surface area (Å²) in [6.07, 6.45) is 48.4. The predicted molar refractivity (Wildman–Crippen MR) is 234 cm³/mol. The monoisotopic (exact) mass is 808 g/mol. The number of phosphoric acid groups is 1. The van der Waals surface area contributed by atoms with E-state index in [1.807, 2.05) is 6.08 Å². The largest absolute Gasteiger partial charge is 0.472 e. The summed E-state index contributed by atoms with van der Waals surface area (Å²) in [6, 6.07) is 0. The fourth-order valence-corrected chi connectivity index (χ4v) is 6.47. The fourth-order valence-electron chi connectivity index (χ4n) is 5.72. The average Bonchev–Trinajstić information content (AvgIpc) is 3.18. The highest BCUT2D eigenvalue weighted by atomic mass is 31.2. The Morgan fingerprint density at radius 3 is 1.54 bits per heavy atom. The van der Waals surface area contributed by atoms with Gasteiger partial charge in [-0.1, -0.05) is 152 Å². The summed E-state index contributed by atoms with van der Waals surface area (Å²) in [5, 5.41) is 2.82. The minimum atomic E-state index is -4.37. The highest BCUT2D eigenvalue weighted by molar-refractivity contribution is 7.47. The second kappa shape index (κ2) is 42.3. The molecule has 0 radical (unpaired) electrons. The zero-order chi connectivity index (χ0) is 41.1. The van der Waals surface area contributed by atoms with Crippen LogP contribution in [0.1, 0.15) is 181 Å². The summed E-state index contributed by atoms with van der Waals surface area (Å²) < 4.78 is 33.1.